The van der Waals surface area contributed by atoms with E-state index in [0.29, 0.717) is 11.6 Å². The molecule has 0 aliphatic rings. The monoisotopic (exact) mass is 681 g/mol. The van der Waals surface area contributed by atoms with E-state index in [9.17, 15) is 43.7 Å². The van der Waals surface area contributed by atoms with E-state index < -0.39 is 56.3 Å². The van der Waals surface area contributed by atoms with Gasteiger partial charge in [-0.25, -0.2) is 4.68 Å². The first-order valence-electron chi connectivity index (χ1n) is 12.1. The summed E-state index contributed by atoms with van der Waals surface area (Å²) in [6.45, 7) is 3.10. The van der Waals surface area contributed by atoms with Crippen LogP contribution in [-0.2, 0) is 30.4 Å². The molecule has 0 fully saturated rings. The minimum atomic E-state index is -4.85. The highest BCUT2D eigenvalue weighted by molar-refractivity contribution is 7.86. The Labute approximate surface area is 255 Å². The number of nitrogens with one attached hydrogen (secondary N) is 1. The first kappa shape index (κ1) is 33.1. The lowest BCUT2D eigenvalue weighted by atomic mass is 10.1. The number of aryl methyl sites for hydroxylation is 2. The maximum atomic E-state index is 13.1. The van der Waals surface area contributed by atoms with Gasteiger partial charge in [-0.3, -0.25) is 23.6 Å². The molecule has 0 spiro atoms. The van der Waals surface area contributed by atoms with E-state index in [-0.39, 0.29) is 39.9 Å². The first-order chi connectivity index (χ1) is 20.8. The molecule has 18 nitrogen and oxygen atoms in total. The number of aromatic amines is 1. The molecular weight excluding hydrogens is 659 g/mol. The van der Waals surface area contributed by atoms with Gasteiger partial charge in [0.2, 0.25) is 0 Å². The fourth-order valence-electron chi connectivity index (χ4n) is 3.92. The molecule has 0 unspecified atom stereocenters. The van der Waals surface area contributed by atoms with Gasteiger partial charge in [-0.1, -0.05) is 0 Å². The van der Waals surface area contributed by atoms with Crippen molar-refractivity contribution in [2.45, 2.75) is 28.5 Å². The second-order valence-corrected chi connectivity index (χ2v) is 13.4. The number of benzene rings is 3. The molecule has 0 aliphatic carbocycles. The predicted molar refractivity (Wildman–Crippen MR) is 158 cm³/mol. The van der Waals surface area contributed by atoms with Crippen molar-refractivity contribution in [1.82, 2.24) is 9.78 Å². The third kappa shape index (κ3) is 7.13. The number of methoxy groups -OCH3 is 1. The zero-order chi connectivity index (χ0) is 33.5. The summed E-state index contributed by atoms with van der Waals surface area (Å²) in [6, 6.07) is 8.45. The maximum absolute atomic E-state index is 13.1. The molecule has 4 rings (SSSR count). The SMILES string of the molecule is COc1cc(N=Nc2cc(S(=O)(=O)O)ccc2S(=O)(=O)O)c(C)cc1N=Nc1c(C)[nH]n(-c2ccc(S(=O)(=O)O)c(N)c2)c1=O. The minimum Gasteiger partial charge on any atom is -0.494 e. The predicted octanol–water partition coefficient (Wildman–Crippen LogP) is 3.94. The van der Waals surface area contributed by atoms with Crippen molar-refractivity contribution in [1.29, 1.82) is 0 Å². The van der Waals surface area contributed by atoms with Crippen LogP contribution in [0.2, 0.25) is 0 Å². The minimum absolute atomic E-state index is 0.0853. The first-order valence-corrected chi connectivity index (χ1v) is 16.4. The standard InChI is InChI=1S/C24H23N7O11S3/c1-12-8-18(27-29-23-13(2)30-31(24(23)32)14-4-6-21(16(25)9-14)44(36,37)38)20(42-3)11-17(12)26-28-19-10-15(43(33,34)35)5-7-22(19)45(39,40)41/h4-11,30H,25H2,1-3H3,(H,33,34,35)(H,36,37,38)(H,39,40,41). The van der Waals surface area contributed by atoms with Gasteiger partial charge in [0.25, 0.3) is 35.9 Å². The molecule has 0 amide bonds. The number of nitrogens with two attached hydrogens (primary N) is 1. The Morgan fingerprint density at radius 2 is 1.36 bits per heavy atom. The average molecular weight is 682 g/mol. The van der Waals surface area contributed by atoms with Crippen LogP contribution in [0.25, 0.3) is 5.69 Å². The molecule has 0 atom stereocenters. The second-order valence-electron chi connectivity index (χ2n) is 9.21. The van der Waals surface area contributed by atoms with E-state index in [1.165, 1.54) is 38.3 Å². The van der Waals surface area contributed by atoms with E-state index in [1.807, 2.05) is 0 Å². The Kier molecular flexibility index (Phi) is 8.79. The van der Waals surface area contributed by atoms with Gasteiger partial charge in [-0.15, -0.1) is 15.3 Å². The number of hydrogen-bond acceptors (Lipinski definition) is 13. The topological polar surface area (TPSA) is 286 Å². The normalized spacial score (nSPS) is 12.8. The van der Waals surface area contributed by atoms with Gasteiger partial charge >= 0.3 is 0 Å². The van der Waals surface area contributed by atoms with Crippen LogP contribution in [0.15, 0.2) is 88.5 Å². The van der Waals surface area contributed by atoms with E-state index in [4.69, 9.17) is 10.5 Å². The van der Waals surface area contributed by atoms with Crippen LogP contribution < -0.4 is 16.0 Å². The number of aromatic nitrogens is 2. The maximum Gasteiger partial charge on any atom is 0.299 e. The van der Waals surface area contributed by atoms with Crippen LogP contribution in [0.5, 0.6) is 5.75 Å². The summed E-state index contributed by atoms with van der Waals surface area (Å²) in [5.74, 6) is 0.0853. The number of hydrogen-bond donors (Lipinski definition) is 5. The molecule has 4 aromatic rings. The van der Waals surface area contributed by atoms with Gasteiger partial charge in [0.15, 0.2) is 5.69 Å². The second kappa shape index (κ2) is 11.9. The number of ether oxygens (including phenoxy) is 1. The van der Waals surface area contributed by atoms with E-state index >= 15 is 0 Å². The van der Waals surface area contributed by atoms with E-state index in [0.717, 1.165) is 22.9 Å². The molecule has 21 heteroatoms. The Balaban J connectivity index is 1.70. The fourth-order valence-corrected chi connectivity index (χ4v) is 5.63. The highest BCUT2D eigenvalue weighted by atomic mass is 32.2. The van der Waals surface area contributed by atoms with Crippen LogP contribution in [0.3, 0.4) is 0 Å². The van der Waals surface area contributed by atoms with Crippen molar-refractivity contribution in [3.63, 3.8) is 0 Å². The molecule has 238 valence electrons. The third-order valence-electron chi connectivity index (χ3n) is 6.10. The molecule has 0 radical (unpaired) electrons. The van der Waals surface area contributed by atoms with E-state index in [1.54, 1.807) is 6.92 Å². The number of azo groups is 2. The summed E-state index contributed by atoms with van der Waals surface area (Å²) >= 11 is 0. The van der Waals surface area contributed by atoms with Gasteiger partial charge in [0.05, 0.1) is 34.8 Å². The van der Waals surface area contributed by atoms with Gasteiger partial charge in [0.1, 0.15) is 26.9 Å². The Bertz CT molecular complexity index is 2290. The largest absolute Gasteiger partial charge is 0.494 e. The Morgan fingerprint density at radius 3 is 1.93 bits per heavy atom. The number of H-pyrrole nitrogens is 1. The summed E-state index contributed by atoms with van der Waals surface area (Å²) in [5, 5.41) is 18.6. The van der Waals surface area contributed by atoms with Crippen molar-refractivity contribution in [2.24, 2.45) is 20.5 Å². The molecule has 6 N–H and O–H groups in total. The van der Waals surface area contributed by atoms with Gasteiger partial charge < -0.3 is 10.5 Å². The molecule has 0 saturated carbocycles. The fraction of sp³-hybridized carbons (Fsp3) is 0.125. The van der Waals surface area contributed by atoms with Crippen LogP contribution in [0.4, 0.5) is 28.4 Å². The summed E-state index contributed by atoms with van der Waals surface area (Å²) in [4.78, 5) is 11.1. The smallest absolute Gasteiger partial charge is 0.299 e. The third-order valence-corrected chi connectivity index (χ3v) is 8.77. The molecular formula is C24H23N7O11S3. The Morgan fingerprint density at radius 1 is 0.756 bits per heavy atom. The molecule has 1 heterocycles. The quantitative estimate of drug-likeness (QED) is 0.0953. The Hall–Kier alpha value is -4.80. The van der Waals surface area contributed by atoms with Gasteiger partial charge in [-0.2, -0.15) is 30.4 Å². The number of anilines is 1. The van der Waals surface area contributed by atoms with Crippen molar-refractivity contribution in [3.05, 3.63) is 70.1 Å². The molecule has 1 aromatic heterocycles. The molecule has 0 aliphatic heterocycles. The van der Waals surface area contributed by atoms with Crippen molar-refractivity contribution >= 4 is 58.8 Å². The molecule has 3 aromatic carbocycles. The lowest BCUT2D eigenvalue weighted by Gasteiger charge is -2.08. The zero-order valence-corrected chi connectivity index (χ0v) is 25.7. The van der Waals surface area contributed by atoms with Crippen molar-refractivity contribution in [2.75, 3.05) is 12.8 Å². The molecule has 0 bridgehead atoms. The average Bonchev–Trinajstić information content (AvgIpc) is 3.21. The van der Waals surface area contributed by atoms with Crippen molar-refractivity contribution in [3.8, 4) is 11.4 Å². The lowest BCUT2D eigenvalue weighted by molar-refractivity contribution is 0.416. The number of nitrogens with zero attached hydrogens (tertiary/aromatic N) is 5. The molecule has 45 heavy (non-hydrogen) atoms. The van der Waals surface area contributed by atoms with Gasteiger partial charge in [0, 0.05) is 6.07 Å². The summed E-state index contributed by atoms with van der Waals surface area (Å²) in [6.07, 6.45) is 0. The highest BCUT2D eigenvalue weighted by Gasteiger charge is 2.21. The van der Waals surface area contributed by atoms with E-state index in [2.05, 4.69) is 25.6 Å². The number of nitrogen functional groups attached to an aromatic ring is 1. The van der Waals surface area contributed by atoms with Crippen LogP contribution >= 0.6 is 0 Å². The van der Waals surface area contributed by atoms with Crippen LogP contribution in [-0.4, -0.2) is 55.8 Å². The molecule has 0 saturated heterocycles. The van der Waals surface area contributed by atoms with Crippen LogP contribution in [0.1, 0.15) is 11.3 Å². The van der Waals surface area contributed by atoms with Crippen molar-refractivity contribution < 1.29 is 43.6 Å². The van der Waals surface area contributed by atoms with Gasteiger partial charge in [-0.05, 0) is 61.9 Å². The summed E-state index contributed by atoms with van der Waals surface area (Å²) in [5.41, 5.74) is 5.13. The lowest BCUT2D eigenvalue weighted by Crippen LogP contribution is -2.15. The highest BCUT2D eigenvalue weighted by Crippen LogP contribution is 2.37. The summed E-state index contributed by atoms with van der Waals surface area (Å²) < 4.78 is 104. The van der Waals surface area contributed by atoms with Crippen LogP contribution in [0, 0.1) is 13.8 Å². The zero-order valence-electron chi connectivity index (χ0n) is 23.3. The number of rotatable bonds is 9. The summed E-state index contributed by atoms with van der Waals surface area (Å²) in [7, 11) is -12.9.